The van der Waals surface area contributed by atoms with Gasteiger partial charge in [0.05, 0.1) is 12.7 Å². The summed E-state index contributed by atoms with van der Waals surface area (Å²) in [7, 11) is 0. The lowest BCUT2D eigenvalue weighted by molar-refractivity contribution is 0.183. The monoisotopic (exact) mass is 363 g/mol. The van der Waals surface area contributed by atoms with Crippen molar-refractivity contribution in [3.05, 3.63) is 29.8 Å². The highest BCUT2D eigenvalue weighted by atomic mass is 16.5. The first-order chi connectivity index (χ1) is 12.5. The number of aryl methyl sites for hydroxylation is 1. The molecular formula is C23H41NO2. The molecule has 0 radical (unpaired) electrons. The molecule has 0 saturated heterocycles. The number of rotatable bonds is 15. The van der Waals surface area contributed by atoms with E-state index in [1.54, 1.807) is 0 Å². The van der Waals surface area contributed by atoms with Crippen LogP contribution in [0.5, 0.6) is 5.75 Å². The van der Waals surface area contributed by atoms with Gasteiger partial charge in [-0.2, -0.15) is 0 Å². The molecule has 26 heavy (non-hydrogen) atoms. The molecule has 0 heterocycles. The first-order valence-corrected chi connectivity index (χ1v) is 10.7. The molecule has 0 saturated carbocycles. The van der Waals surface area contributed by atoms with E-state index in [-0.39, 0.29) is 12.7 Å². The fourth-order valence-corrected chi connectivity index (χ4v) is 3.18. The number of aliphatic hydroxyl groups is 1. The van der Waals surface area contributed by atoms with Gasteiger partial charge in [0.25, 0.3) is 0 Å². The maximum Gasteiger partial charge on any atom is 0.119 e. The van der Waals surface area contributed by atoms with Crippen LogP contribution in [0.2, 0.25) is 0 Å². The second-order valence-electron chi connectivity index (χ2n) is 7.86. The minimum atomic E-state index is -0.458. The van der Waals surface area contributed by atoms with Crippen LogP contribution in [0.1, 0.15) is 90.5 Å². The molecule has 0 amide bonds. The van der Waals surface area contributed by atoms with Crippen molar-refractivity contribution in [2.24, 2.45) is 5.73 Å². The zero-order chi connectivity index (χ0) is 19.3. The highest BCUT2D eigenvalue weighted by molar-refractivity contribution is 5.27. The highest BCUT2D eigenvalue weighted by Gasteiger charge is 2.20. The van der Waals surface area contributed by atoms with Crippen LogP contribution >= 0.6 is 0 Å². The van der Waals surface area contributed by atoms with Gasteiger partial charge in [-0.3, -0.25) is 0 Å². The number of hydrogen-bond acceptors (Lipinski definition) is 3. The Morgan fingerprint density at radius 2 is 1.62 bits per heavy atom. The molecule has 0 bridgehead atoms. The number of benzene rings is 1. The highest BCUT2D eigenvalue weighted by Crippen LogP contribution is 2.20. The summed E-state index contributed by atoms with van der Waals surface area (Å²) in [6, 6.07) is 8.34. The van der Waals surface area contributed by atoms with Crippen molar-refractivity contribution >= 4 is 0 Å². The van der Waals surface area contributed by atoms with E-state index >= 15 is 0 Å². The van der Waals surface area contributed by atoms with Crippen molar-refractivity contribution in [3.8, 4) is 5.75 Å². The molecule has 0 aliphatic rings. The van der Waals surface area contributed by atoms with Crippen molar-refractivity contribution in [3.63, 3.8) is 0 Å². The first-order valence-electron chi connectivity index (χ1n) is 10.7. The minimum Gasteiger partial charge on any atom is -0.491 e. The molecule has 3 heteroatoms. The summed E-state index contributed by atoms with van der Waals surface area (Å²) in [5.41, 5.74) is 6.94. The third kappa shape index (κ3) is 9.59. The molecule has 2 atom stereocenters. The predicted molar refractivity (Wildman–Crippen MR) is 112 cm³/mol. The smallest absolute Gasteiger partial charge is 0.119 e. The molecular weight excluding hydrogens is 322 g/mol. The first kappa shape index (κ1) is 23.0. The lowest BCUT2D eigenvalue weighted by atomic mass is 9.90. The van der Waals surface area contributed by atoms with Crippen LogP contribution in [0, 0.1) is 0 Å². The fraction of sp³-hybridized carbons (Fsp3) is 0.739. The Labute approximate surface area is 161 Å². The Hall–Kier alpha value is -1.06. The molecule has 3 N–H and O–H groups in total. The normalized spacial score (nSPS) is 14.8. The van der Waals surface area contributed by atoms with Crippen molar-refractivity contribution < 1.29 is 9.84 Å². The number of aliphatic hydroxyl groups excluding tert-OH is 1. The largest absolute Gasteiger partial charge is 0.491 e. The van der Waals surface area contributed by atoms with Gasteiger partial charge in [-0.15, -0.1) is 0 Å². The van der Waals surface area contributed by atoms with Crippen LogP contribution in [0.4, 0.5) is 0 Å². The molecule has 150 valence electrons. The van der Waals surface area contributed by atoms with Gasteiger partial charge < -0.3 is 15.6 Å². The zero-order valence-corrected chi connectivity index (χ0v) is 17.3. The lowest BCUT2D eigenvalue weighted by Gasteiger charge is -2.25. The van der Waals surface area contributed by atoms with E-state index < -0.39 is 5.54 Å². The summed E-state index contributed by atoms with van der Waals surface area (Å²) >= 11 is 0. The Balaban J connectivity index is 2.24. The maximum absolute atomic E-state index is 9.40. The van der Waals surface area contributed by atoms with E-state index in [2.05, 4.69) is 38.1 Å². The summed E-state index contributed by atoms with van der Waals surface area (Å²) in [6.07, 6.45) is 13.3. The maximum atomic E-state index is 9.40. The Morgan fingerprint density at radius 1 is 1.00 bits per heavy atom. The summed E-state index contributed by atoms with van der Waals surface area (Å²) in [4.78, 5) is 0. The van der Waals surface area contributed by atoms with E-state index in [1.165, 1.54) is 50.5 Å². The molecule has 0 fully saturated rings. The summed E-state index contributed by atoms with van der Waals surface area (Å²) in [5, 5.41) is 9.40. The van der Waals surface area contributed by atoms with Crippen LogP contribution in [0.25, 0.3) is 0 Å². The van der Waals surface area contributed by atoms with Crippen molar-refractivity contribution in [1.82, 2.24) is 0 Å². The fourth-order valence-electron chi connectivity index (χ4n) is 3.18. The topological polar surface area (TPSA) is 55.5 Å². The van der Waals surface area contributed by atoms with Crippen molar-refractivity contribution in [2.75, 3.05) is 6.61 Å². The molecule has 1 aromatic rings. The SMILES string of the molecule is CCCCCCCCC[C@H](C)Oc1ccc(CC[C@@](N)(CC)CO)cc1. The van der Waals surface area contributed by atoms with Gasteiger partial charge in [-0.05, 0) is 56.7 Å². The lowest BCUT2D eigenvalue weighted by Crippen LogP contribution is -2.43. The quantitative estimate of drug-likeness (QED) is 0.397. The Kier molecular flexibility index (Phi) is 11.6. The van der Waals surface area contributed by atoms with Crippen LogP contribution in [-0.2, 0) is 6.42 Å². The van der Waals surface area contributed by atoms with Crippen LogP contribution in [0.15, 0.2) is 24.3 Å². The zero-order valence-electron chi connectivity index (χ0n) is 17.3. The van der Waals surface area contributed by atoms with Gasteiger partial charge in [0.2, 0.25) is 0 Å². The number of unbranched alkanes of at least 4 members (excludes halogenated alkanes) is 6. The third-order valence-corrected chi connectivity index (χ3v) is 5.41. The van der Waals surface area contributed by atoms with E-state index in [0.29, 0.717) is 0 Å². The van der Waals surface area contributed by atoms with Crippen LogP contribution in [0.3, 0.4) is 0 Å². The summed E-state index contributed by atoms with van der Waals surface area (Å²) in [5.74, 6) is 0.945. The number of ether oxygens (including phenoxy) is 1. The van der Waals surface area contributed by atoms with E-state index in [1.807, 2.05) is 6.92 Å². The Morgan fingerprint density at radius 3 is 2.19 bits per heavy atom. The molecule has 1 rings (SSSR count). The standard InChI is InChI=1S/C23H41NO2/c1-4-6-7-8-9-10-11-12-20(3)26-22-15-13-21(14-16-22)17-18-23(24,5-2)19-25/h13-16,20,25H,4-12,17-19,24H2,1-3H3/t20-,23-/m0/s1. The van der Waals surface area contributed by atoms with Gasteiger partial charge in [0.15, 0.2) is 0 Å². The molecule has 0 aliphatic heterocycles. The average molecular weight is 364 g/mol. The van der Waals surface area contributed by atoms with E-state index in [9.17, 15) is 5.11 Å². The molecule has 3 nitrogen and oxygen atoms in total. The van der Waals surface area contributed by atoms with E-state index in [4.69, 9.17) is 10.5 Å². The van der Waals surface area contributed by atoms with Crippen molar-refractivity contribution in [1.29, 1.82) is 0 Å². The molecule has 1 aromatic carbocycles. The number of hydrogen-bond donors (Lipinski definition) is 2. The Bertz CT molecular complexity index is 454. The summed E-state index contributed by atoms with van der Waals surface area (Å²) in [6.45, 7) is 6.49. The minimum absolute atomic E-state index is 0.0425. The number of nitrogens with two attached hydrogens (primary N) is 1. The molecule has 0 unspecified atom stereocenters. The van der Waals surface area contributed by atoms with E-state index in [0.717, 1.165) is 31.4 Å². The molecule has 0 aromatic heterocycles. The van der Waals surface area contributed by atoms with Gasteiger partial charge in [0, 0.05) is 5.54 Å². The second kappa shape index (κ2) is 13.2. The van der Waals surface area contributed by atoms with Gasteiger partial charge >= 0.3 is 0 Å². The van der Waals surface area contributed by atoms with Gasteiger partial charge in [-0.25, -0.2) is 0 Å². The van der Waals surface area contributed by atoms with Crippen molar-refractivity contribution in [2.45, 2.75) is 103 Å². The molecule has 0 spiro atoms. The van der Waals surface area contributed by atoms with Crippen LogP contribution in [-0.4, -0.2) is 23.4 Å². The van der Waals surface area contributed by atoms with Crippen LogP contribution < -0.4 is 10.5 Å². The second-order valence-corrected chi connectivity index (χ2v) is 7.86. The van der Waals surface area contributed by atoms with Gasteiger partial charge in [-0.1, -0.05) is 64.5 Å². The third-order valence-electron chi connectivity index (χ3n) is 5.41. The average Bonchev–Trinajstić information content (AvgIpc) is 2.66. The summed E-state index contributed by atoms with van der Waals surface area (Å²) < 4.78 is 6.04. The predicted octanol–water partition coefficient (Wildman–Crippen LogP) is 5.63. The molecule has 0 aliphatic carbocycles. The van der Waals surface area contributed by atoms with Gasteiger partial charge in [0.1, 0.15) is 5.75 Å².